The fraction of sp³-hybridized carbons (Fsp3) is 0.125. The molecule has 0 aliphatic carbocycles. The normalized spacial score (nSPS) is 10.7. The van der Waals surface area contributed by atoms with Crippen molar-refractivity contribution >= 4 is 16.9 Å². The molecule has 37 heavy (non-hydrogen) atoms. The third kappa shape index (κ3) is 5.78. The molecule has 5 aromatic rings. The molecule has 0 bridgehead atoms. The Labute approximate surface area is 216 Å². The van der Waals surface area contributed by atoms with E-state index in [1.165, 1.54) is 0 Å². The van der Waals surface area contributed by atoms with E-state index in [1.807, 2.05) is 85.8 Å². The Balaban J connectivity index is 1.30. The van der Waals surface area contributed by atoms with E-state index in [-0.39, 0.29) is 13.2 Å². The first-order valence-electron chi connectivity index (χ1n) is 12.3. The molecule has 0 saturated carbocycles. The van der Waals surface area contributed by atoms with Gasteiger partial charge in [0.1, 0.15) is 24.7 Å². The summed E-state index contributed by atoms with van der Waals surface area (Å²) in [6, 6.07) is 35.2. The first kappa shape index (κ1) is 24.1. The second kappa shape index (κ2) is 11.4. The van der Waals surface area contributed by atoms with E-state index in [4.69, 9.17) is 19.2 Å². The molecule has 0 amide bonds. The maximum Gasteiger partial charge on any atom is 0.339 e. The van der Waals surface area contributed by atoms with Crippen LogP contribution in [0.4, 0.5) is 0 Å². The summed E-state index contributed by atoms with van der Waals surface area (Å²) in [7, 11) is 0. The molecule has 0 aliphatic heterocycles. The second-order valence-electron chi connectivity index (χ2n) is 8.40. The van der Waals surface area contributed by atoms with Gasteiger partial charge in [-0.05, 0) is 54.4 Å². The van der Waals surface area contributed by atoms with Gasteiger partial charge in [0.25, 0.3) is 0 Å². The summed E-state index contributed by atoms with van der Waals surface area (Å²) in [6.07, 6.45) is 0. The number of rotatable bonds is 9. The Bertz CT molecular complexity index is 1480. The number of carbonyl (C=O) groups excluding carboxylic acids is 1. The molecule has 0 radical (unpaired) electrons. The molecule has 0 saturated heterocycles. The van der Waals surface area contributed by atoms with Crippen molar-refractivity contribution in [3.8, 4) is 33.9 Å². The summed E-state index contributed by atoms with van der Waals surface area (Å²) < 4.78 is 16.7. The number of esters is 1. The molecule has 0 spiro atoms. The Morgan fingerprint density at radius 2 is 1.30 bits per heavy atom. The lowest BCUT2D eigenvalue weighted by Crippen LogP contribution is -2.13. The minimum absolute atomic E-state index is 0.129. The van der Waals surface area contributed by atoms with Gasteiger partial charge >= 0.3 is 5.97 Å². The van der Waals surface area contributed by atoms with Gasteiger partial charge in [-0.1, -0.05) is 72.8 Å². The van der Waals surface area contributed by atoms with Crippen LogP contribution < -0.4 is 9.47 Å². The molecule has 0 unspecified atom stereocenters. The third-order valence-electron chi connectivity index (χ3n) is 5.94. The number of carbonyl (C=O) groups is 1. The average Bonchev–Trinajstić information content (AvgIpc) is 2.96. The predicted octanol–water partition coefficient (Wildman–Crippen LogP) is 7.20. The molecular formula is C32H27NO4. The van der Waals surface area contributed by atoms with Gasteiger partial charge in [0, 0.05) is 10.9 Å². The van der Waals surface area contributed by atoms with Crippen molar-refractivity contribution in [3.05, 3.63) is 115 Å². The van der Waals surface area contributed by atoms with Crippen LogP contribution in [0.2, 0.25) is 0 Å². The SMILES string of the molecule is CCOc1ccc(OCCOC(=O)c2cc(-c3ccc(-c4ccccc4)cc3)nc3ccccc23)cc1. The van der Waals surface area contributed by atoms with Crippen molar-refractivity contribution in [3.63, 3.8) is 0 Å². The van der Waals surface area contributed by atoms with Gasteiger partial charge in [-0.2, -0.15) is 0 Å². The lowest BCUT2D eigenvalue weighted by atomic mass is 10.0. The molecular weight excluding hydrogens is 462 g/mol. The number of hydrogen-bond donors (Lipinski definition) is 0. The first-order chi connectivity index (χ1) is 18.2. The van der Waals surface area contributed by atoms with Gasteiger partial charge in [-0.3, -0.25) is 0 Å². The molecule has 1 aromatic heterocycles. The summed E-state index contributed by atoms with van der Waals surface area (Å²) in [5.41, 5.74) is 5.14. The number of aromatic nitrogens is 1. The van der Waals surface area contributed by atoms with Crippen LogP contribution in [0.15, 0.2) is 109 Å². The van der Waals surface area contributed by atoms with E-state index >= 15 is 0 Å². The second-order valence-corrected chi connectivity index (χ2v) is 8.40. The van der Waals surface area contributed by atoms with Crippen LogP contribution in [0.5, 0.6) is 11.5 Å². The molecule has 0 fully saturated rings. The lowest BCUT2D eigenvalue weighted by molar-refractivity contribution is 0.0452. The van der Waals surface area contributed by atoms with Crippen LogP contribution in [-0.4, -0.2) is 30.8 Å². The molecule has 184 valence electrons. The highest BCUT2D eigenvalue weighted by molar-refractivity contribution is 6.04. The van der Waals surface area contributed by atoms with Crippen molar-refractivity contribution in [2.75, 3.05) is 19.8 Å². The fourth-order valence-electron chi connectivity index (χ4n) is 4.13. The van der Waals surface area contributed by atoms with Gasteiger partial charge in [-0.15, -0.1) is 0 Å². The van der Waals surface area contributed by atoms with Crippen molar-refractivity contribution in [1.82, 2.24) is 4.98 Å². The Morgan fingerprint density at radius 1 is 0.676 bits per heavy atom. The van der Waals surface area contributed by atoms with E-state index in [0.717, 1.165) is 39.0 Å². The Hall–Kier alpha value is -4.64. The minimum Gasteiger partial charge on any atom is -0.494 e. The molecule has 4 aromatic carbocycles. The zero-order valence-corrected chi connectivity index (χ0v) is 20.6. The Kier molecular flexibility index (Phi) is 7.42. The van der Waals surface area contributed by atoms with Crippen molar-refractivity contribution in [1.29, 1.82) is 0 Å². The maximum atomic E-state index is 13.1. The van der Waals surface area contributed by atoms with E-state index in [9.17, 15) is 4.79 Å². The number of nitrogens with zero attached hydrogens (tertiary/aromatic N) is 1. The molecule has 1 heterocycles. The highest BCUT2D eigenvalue weighted by Crippen LogP contribution is 2.28. The summed E-state index contributed by atoms with van der Waals surface area (Å²) in [6.45, 7) is 2.93. The molecule has 5 rings (SSSR count). The summed E-state index contributed by atoms with van der Waals surface area (Å²) in [5, 5.41) is 0.754. The van der Waals surface area contributed by atoms with Crippen molar-refractivity contribution in [2.45, 2.75) is 6.92 Å². The van der Waals surface area contributed by atoms with Gasteiger partial charge in [0.15, 0.2) is 0 Å². The molecule has 0 aliphatic rings. The topological polar surface area (TPSA) is 57.7 Å². The fourth-order valence-corrected chi connectivity index (χ4v) is 4.13. The summed E-state index contributed by atoms with van der Waals surface area (Å²) in [4.78, 5) is 17.9. The van der Waals surface area contributed by atoms with Crippen LogP contribution >= 0.6 is 0 Å². The summed E-state index contributed by atoms with van der Waals surface area (Å²) >= 11 is 0. The van der Waals surface area contributed by atoms with Crippen LogP contribution in [0, 0.1) is 0 Å². The molecule has 0 N–H and O–H groups in total. The molecule has 5 nitrogen and oxygen atoms in total. The van der Waals surface area contributed by atoms with Gasteiger partial charge < -0.3 is 14.2 Å². The highest BCUT2D eigenvalue weighted by atomic mass is 16.6. The molecule has 0 atom stereocenters. The highest BCUT2D eigenvalue weighted by Gasteiger charge is 2.15. The largest absolute Gasteiger partial charge is 0.494 e. The van der Waals surface area contributed by atoms with Gasteiger partial charge in [-0.25, -0.2) is 9.78 Å². The number of hydrogen-bond acceptors (Lipinski definition) is 5. The van der Waals surface area contributed by atoms with Crippen LogP contribution in [-0.2, 0) is 4.74 Å². The van der Waals surface area contributed by atoms with Gasteiger partial charge in [0.2, 0.25) is 0 Å². The zero-order valence-electron chi connectivity index (χ0n) is 20.6. The maximum absolute atomic E-state index is 13.1. The van der Waals surface area contributed by atoms with E-state index < -0.39 is 5.97 Å². The third-order valence-corrected chi connectivity index (χ3v) is 5.94. The summed E-state index contributed by atoms with van der Waals surface area (Å²) in [5.74, 6) is 1.07. The smallest absolute Gasteiger partial charge is 0.339 e. The van der Waals surface area contributed by atoms with Crippen LogP contribution in [0.3, 0.4) is 0 Å². The number of pyridine rings is 1. The van der Waals surface area contributed by atoms with Crippen molar-refractivity contribution in [2.24, 2.45) is 0 Å². The predicted molar refractivity (Wildman–Crippen MR) is 146 cm³/mol. The monoisotopic (exact) mass is 489 g/mol. The number of fused-ring (bicyclic) bond motifs is 1. The number of benzene rings is 4. The first-order valence-corrected chi connectivity index (χ1v) is 12.3. The van der Waals surface area contributed by atoms with E-state index in [2.05, 4.69) is 24.3 Å². The quantitative estimate of drug-likeness (QED) is 0.162. The van der Waals surface area contributed by atoms with E-state index in [1.54, 1.807) is 6.07 Å². The van der Waals surface area contributed by atoms with Gasteiger partial charge in [0.05, 0.1) is 23.4 Å². The Morgan fingerprint density at radius 3 is 2.03 bits per heavy atom. The van der Waals surface area contributed by atoms with Crippen LogP contribution in [0.25, 0.3) is 33.3 Å². The minimum atomic E-state index is -0.406. The van der Waals surface area contributed by atoms with Crippen molar-refractivity contribution < 1.29 is 19.0 Å². The number of ether oxygens (including phenoxy) is 3. The standard InChI is InChI=1S/C32H27NO4/c1-2-35-26-16-18-27(19-17-26)36-20-21-37-32(34)29-22-31(33-30-11-7-6-10-28(29)30)25-14-12-24(13-15-25)23-8-4-3-5-9-23/h3-19,22H,2,20-21H2,1H3. The van der Waals surface area contributed by atoms with Crippen LogP contribution in [0.1, 0.15) is 17.3 Å². The number of para-hydroxylation sites is 1. The van der Waals surface area contributed by atoms with E-state index in [0.29, 0.717) is 17.9 Å². The zero-order chi connectivity index (χ0) is 25.5. The lowest BCUT2D eigenvalue weighted by Gasteiger charge is -2.11. The molecule has 5 heteroatoms. The average molecular weight is 490 g/mol.